The third kappa shape index (κ3) is 5.46. The normalized spacial score (nSPS) is 12.9. The molecule has 0 saturated carbocycles. The van der Waals surface area contributed by atoms with Crippen molar-refractivity contribution in [3.8, 4) is 67.5 Å². The Labute approximate surface area is 332 Å². The summed E-state index contributed by atoms with van der Waals surface area (Å²) in [6.45, 7) is 4.61. The molecule has 268 valence electrons. The van der Waals surface area contributed by atoms with E-state index >= 15 is 0 Å². The summed E-state index contributed by atoms with van der Waals surface area (Å²) in [4.78, 5) is 15.2. The van der Waals surface area contributed by atoms with Crippen molar-refractivity contribution in [2.45, 2.75) is 19.3 Å². The monoisotopic (exact) mass is 727 g/mol. The predicted molar refractivity (Wildman–Crippen MR) is 237 cm³/mol. The maximum Gasteiger partial charge on any atom is 0.164 e. The average Bonchev–Trinajstić information content (AvgIpc) is 3.51. The fraction of sp³-hybridized carbons (Fsp3) is 0.0556. The molecule has 3 nitrogen and oxygen atoms in total. The highest BCUT2D eigenvalue weighted by atomic mass is 15.0. The molecule has 57 heavy (non-hydrogen) atoms. The van der Waals surface area contributed by atoms with E-state index in [4.69, 9.17) is 15.0 Å². The zero-order valence-electron chi connectivity index (χ0n) is 31.7. The molecule has 0 atom stereocenters. The second-order valence-corrected chi connectivity index (χ2v) is 15.6. The van der Waals surface area contributed by atoms with Crippen LogP contribution in [0.15, 0.2) is 188 Å². The number of benzene rings is 9. The zero-order chi connectivity index (χ0) is 38.1. The highest BCUT2D eigenvalue weighted by Crippen LogP contribution is 2.49. The summed E-state index contributed by atoms with van der Waals surface area (Å²) in [5.74, 6) is 1.98. The fourth-order valence-electron chi connectivity index (χ4n) is 8.97. The van der Waals surface area contributed by atoms with Gasteiger partial charge in [-0.05, 0) is 89.0 Å². The van der Waals surface area contributed by atoms with Crippen molar-refractivity contribution < 1.29 is 0 Å². The number of hydrogen-bond donors (Lipinski definition) is 0. The minimum Gasteiger partial charge on any atom is -0.208 e. The molecule has 0 amide bonds. The molecule has 1 aliphatic rings. The van der Waals surface area contributed by atoms with E-state index in [0.29, 0.717) is 17.5 Å². The Kier molecular flexibility index (Phi) is 7.52. The number of rotatable bonds is 5. The van der Waals surface area contributed by atoms with Crippen molar-refractivity contribution in [2.24, 2.45) is 0 Å². The molecule has 3 heteroatoms. The lowest BCUT2D eigenvalue weighted by atomic mass is 9.82. The third-order valence-electron chi connectivity index (χ3n) is 11.9. The van der Waals surface area contributed by atoms with Gasteiger partial charge in [-0.2, -0.15) is 0 Å². The van der Waals surface area contributed by atoms with Crippen molar-refractivity contribution in [2.75, 3.05) is 0 Å². The van der Waals surface area contributed by atoms with E-state index in [1.54, 1.807) is 0 Å². The first-order valence-corrected chi connectivity index (χ1v) is 19.6. The first-order chi connectivity index (χ1) is 28.0. The molecule has 0 saturated heterocycles. The molecule has 0 spiro atoms. The van der Waals surface area contributed by atoms with Gasteiger partial charge in [0.25, 0.3) is 0 Å². The number of nitrogens with zero attached hydrogens (tertiary/aromatic N) is 3. The van der Waals surface area contributed by atoms with E-state index in [1.165, 1.54) is 65.7 Å². The Morgan fingerprint density at radius 3 is 1.58 bits per heavy atom. The van der Waals surface area contributed by atoms with Crippen LogP contribution in [0, 0.1) is 0 Å². The van der Waals surface area contributed by atoms with Crippen molar-refractivity contribution in [1.82, 2.24) is 15.0 Å². The van der Waals surface area contributed by atoms with E-state index in [9.17, 15) is 0 Å². The zero-order valence-corrected chi connectivity index (χ0v) is 31.7. The van der Waals surface area contributed by atoms with Crippen LogP contribution in [-0.2, 0) is 5.41 Å². The molecule has 0 bridgehead atoms. The SMILES string of the molecule is CC1(C)c2ccccc2-c2ccc(-c3nc(-c4ccccc4)nc(-c4ccc(-c5ccc(-c6c7ccccc7cc7c6ccc6ccccc67)cc5)cc4)n3)cc21. The van der Waals surface area contributed by atoms with Gasteiger partial charge in [-0.15, -0.1) is 0 Å². The Bertz CT molecular complexity index is 3180. The lowest BCUT2D eigenvalue weighted by Gasteiger charge is -2.21. The van der Waals surface area contributed by atoms with E-state index in [2.05, 4.69) is 184 Å². The van der Waals surface area contributed by atoms with Crippen LogP contribution in [0.1, 0.15) is 25.0 Å². The largest absolute Gasteiger partial charge is 0.208 e. The summed E-state index contributed by atoms with van der Waals surface area (Å²) in [5, 5.41) is 7.60. The van der Waals surface area contributed by atoms with Gasteiger partial charge in [-0.3, -0.25) is 0 Å². The number of aromatic nitrogens is 3. The molecule has 0 aliphatic heterocycles. The van der Waals surface area contributed by atoms with Gasteiger partial charge < -0.3 is 0 Å². The molecule has 0 unspecified atom stereocenters. The second-order valence-electron chi connectivity index (χ2n) is 15.6. The van der Waals surface area contributed by atoms with Crippen molar-refractivity contribution in [3.05, 3.63) is 199 Å². The molecular weight excluding hydrogens is 691 g/mol. The summed E-state index contributed by atoms with van der Waals surface area (Å²) in [5.41, 5.74) is 12.8. The Balaban J connectivity index is 0.962. The molecule has 0 fully saturated rings. The van der Waals surface area contributed by atoms with Crippen LogP contribution in [0.25, 0.3) is 99.9 Å². The summed E-state index contributed by atoms with van der Waals surface area (Å²) in [7, 11) is 0. The predicted octanol–water partition coefficient (Wildman–Crippen LogP) is 14.0. The van der Waals surface area contributed by atoms with Crippen LogP contribution in [0.5, 0.6) is 0 Å². The molecule has 9 aromatic carbocycles. The summed E-state index contributed by atoms with van der Waals surface area (Å²) in [6.07, 6.45) is 0. The van der Waals surface area contributed by atoms with Crippen LogP contribution >= 0.6 is 0 Å². The van der Waals surface area contributed by atoms with Crippen molar-refractivity contribution in [3.63, 3.8) is 0 Å². The van der Waals surface area contributed by atoms with Crippen molar-refractivity contribution >= 4 is 32.3 Å². The standard InChI is InChI=1S/C54H37N3/c1-54(2)48-19-11-10-18-44(48)45-30-29-41(33-49(45)54)53-56-51(38-13-4-3-5-14-38)55-52(57-53)39-26-22-35(23-27-39)34-20-24-37(25-21-34)50-43-17-9-7-15-40(43)32-47-42-16-8-6-12-36(42)28-31-46(47)50/h3-33H,1-2H3. The van der Waals surface area contributed by atoms with Gasteiger partial charge in [0.15, 0.2) is 17.5 Å². The van der Waals surface area contributed by atoms with Gasteiger partial charge in [0, 0.05) is 22.1 Å². The second kappa shape index (κ2) is 12.9. The van der Waals surface area contributed by atoms with Crippen LogP contribution in [0.4, 0.5) is 0 Å². The Hall–Kier alpha value is -7.23. The molecule has 1 heterocycles. The van der Waals surface area contributed by atoms with Gasteiger partial charge >= 0.3 is 0 Å². The maximum atomic E-state index is 5.12. The average molecular weight is 728 g/mol. The van der Waals surface area contributed by atoms with E-state index in [0.717, 1.165) is 27.8 Å². The first kappa shape index (κ1) is 33.1. The smallest absolute Gasteiger partial charge is 0.164 e. The highest BCUT2D eigenvalue weighted by molar-refractivity contribution is 6.20. The summed E-state index contributed by atoms with van der Waals surface area (Å²) in [6, 6.07) is 67.4. The van der Waals surface area contributed by atoms with E-state index in [-0.39, 0.29) is 5.41 Å². The van der Waals surface area contributed by atoms with Crippen LogP contribution in [0.2, 0.25) is 0 Å². The minimum atomic E-state index is -0.119. The quantitative estimate of drug-likeness (QED) is 0.131. The third-order valence-corrected chi connectivity index (χ3v) is 11.9. The van der Waals surface area contributed by atoms with Gasteiger partial charge in [0.05, 0.1) is 0 Å². The molecule has 1 aliphatic carbocycles. The van der Waals surface area contributed by atoms with Gasteiger partial charge in [0.1, 0.15) is 0 Å². The van der Waals surface area contributed by atoms with Gasteiger partial charge in [-0.25, -0.2) is 15.0 Å². The van der Waals surface area contributed by atoms with E-state index < -0.39 is 0 Å². The maximum absolute atomic E-state index is 5.12. The summed E-state index contributed by atoms with van der Waals surface area (Å²) < 4.78 is 0. The van der Waals surface area contributed by atoms with Gasteiger partial charge in [0.2, 0.25) is 0 Å². The molecule has 0 N–H and O–H groups in total. The van der Waals surface area contributed by atoms with Gasteiger partial charge in [-0.1, -0.05) is 190 Å². The molecule has 11 rings (SSSR count). The Morgan fingerprint density at radius 2 is 0.842 bits per heavy atom. The number of fused-ring (bicyclic) bond motifs is 7. The molecule has 10 aromatic rings. The van der Waals surface area contributed by atoms with Crippen molar-refractivity contribution in [1.29, 1.82) is 0 Å². The Morgan fingerprint density at radius 1 is 0.316 bits per heavy atom. The minimum absolute atomic E-state index is 0.119. The molecule has 0 radical (unpaired) electrons. The number of hydrogen-bond acceptors (Lipinski definition) is 3. The first-order valence-electron chi connectivity index (χ1n) is 19.6. The molecule has 1 aromatic heterocycles. The summed E-state index contributed by atoms with van der Waals surface area (Å²) >= 11 is 0. The van der Waals surface area contributed by atoms with Crippen LogP contribution in [0.3, 0.4) is 0 Å². The topological polar surface area (TPSA) is 38.7 Å². The van der Waals surface area contributed by atoms with Crippen LogP contribution < -0.4 is 0 Å². The fourth-order valence-corrected chi connectivity index (χ4v) is 8.97. The van der Waals surface area contributed by atoms with Crippen LogP contribution in [-0.4, -0.2) is 15.0 Å². The molecular formula is C54H37N3. The lowest BCUT2D eigenvalue weighted by molar-refractivity contribution is 0.660. The highest BCUT2D eigenvalue weighted by Gasteiger charge is 2.35. The lowest BCUT2D eigenvalue weighted by Crippen LogP contribution is -2.15. The van der Waals surface area contributed by atoms with E-state index in [1.807, 2.05) is 18.2 Å².